The van der Waals surface area contributed by atoms with Crippen molar-refractivity contribution in [1.82, 2.24) is 0 Å². The highest BCUT2D eigenvalue weighted by molar-refractivity contribution is 5.95. The third-order valence-electron chi connectivity index (χ3n) is 2.94. The largest absolute Gasteiger partial charge is 0.468 e. The molecule has 0 aromatic rings. The lowest BCUT2D eigenvalue weighted by molar-refractivity contribution is -0.162. The summed E-state index contributed by atoms with van der Waals surface area (Å²) in [5.74, 6) is -1.23. The summed E-state index contributed by atoms with van der Waals surface area (Å²) >= 11 is 0. The van der Waals surface area contributed by atoms with Crippen LogP contribution >= 0.6 is 0 Å². The van der Waals surface area contributed by atoms with Gasteiger partial charge in [0.05, 0.1) is 14.2 Å². The molecule has 0 saturated heterocycles. The van der Waals surface area contributed by atoms with Crippen LogP contribution in [0.4, 0.5) is 0 Å². The fourth-order valence-corrected chi connectivity index (χ4v) is 2.04. The van der Waals surface area contributed by atoms with Gasteiger partial charge in [0.2, 0.25) is 0 Å². The molecular formula is C13H24O4. The molecule has 0 aromatic heterocycles. The zero-order chi connectivity index (χ0) is 13.6. The summed E-state index contributed by atoms with van der Waals surface area (Å²) in [6, 6.07) is 0. The van der Waals surface area contributed by atoms with Crippen LogP contribution in [0.1, 0.15) is 34.1 Å². The molecule has 100 valence electrons. The maximum Gasteiger partial charge on any atom is 0.320 e. The Kier molecular flexibility index (Phi) is 6.85. The summed E-state index contributed by atoms with van der Waals surface area (Å²) < 4.78 is 9.42. The highest BCUT2D eigenvalue weighted by atomic mass is 16.5. The van der Waals surface area contributed by atoms with Gasteiger partial charge in [-0.05, 0) is 24.2 Å². The molecule has 0 aliphatic heterocycles. The molecule has 4 nitrogen and oxygen atoms in total. The molecule has 0 spiro atoms. The monoisotopic (exact) mass is 244 g/mol. The molecule has 0 amide bonds. The number of esters is 2. The standard InChI is InChI=1S/C13H24O4/c1-8(2)7-10(9(3)4)11(12(14)16-5)13(15)17-6/h8-11H,7H2,1-6H3. The van der Waals surface area contributed by atoms with Gasteiger partial charge in [-0.2, -0.15) is 0 Å². The molecule has 0 rings (SSSR count). The quantitative estimate of drug-likeness (QED) is 0.531. The summed E-state index contributed by atoms with van der Waals surface area (Å²) in [6.45, 7) is 8.15. The third-order valence-corrected chi connectivity index (χ3v) is 2.94. The van der Waals surface area contributed by atoms with Crippen molar-refractivity contribution in [2.75, 3.05) is 14.2 Å². The summed E-state index contributed by atoms with van der Waals surface area (Å²) in [5, 5.41) is 0. The van der Waals surface area contributed by atoms with Crippen molar-refractivity contribution in [1.29, 1.82) is 0 Å². The second kappa shape index (κ2) is 7.30. The minimum absolute atomic E-state index is 0.0464. The third kappa shape index (κ3) is 4.75. The topological polar surface area (TPSA) is 52.6 Å². The van der Waals surface area contributed by atoms with E-state index in [1.807, 2.05) is 13.8 Å². The Balaban J connectivity index is 5.07. The van der Waals surface area contributed by atoms with Crippen LogP contribution in [-0.2, 0) is 19.1 Å². The van der Waals surface area contributed by atoms with Crippen molar-refractivity contribution in [3.05, 3.63) is 0 Å². The Hall–Kier alpha value is -1.06. The molecule has 0 aromatic carbocycles. The predicted octanol–water partition coefficient (Wildman–Crippen LogP) is 2.27. The number of carbonyl (C=O) groups excluding carboxylic acids is 2. The van der Waals surface area contributed by atoms with Crippen molar-refractivity contribution in [3.8, 4) is 0 Å². The molecular weight excluding hydrogens is 220 g/mol. The lowest BCUT2D eigenvalue weighted by atomic mass is 9.78. The predicted molar refractivity (Wildman–Crippen MR) is 65.3 cm³/mol. The van der Waals surface area contributed by atoms with E-state index in [0.29, 0.717) is 5.92 Å². The first-order valence-corrected chi connectivity index (χ1v) is 6.00. The van der Waals surface area contributed by atoms with Gasteiger partial charge in [-0.25, -0.2) is 0 Å². The second-order valence-corrected chi connectivity index (χ2v) is 5.06. The molecule has 17 heavy (non-hydrogen) atoms. The van der Waals surface area contributed by atoms with E-state index < -0.39 is 17.9 Å². The van der Waals surface area contributed by atoms with Crippen molar-refractivity contribution < 1.29 is 19.1 Å². The number of hydrogen-bond donors (Lipinski definition) is 0. The van der Waals surface area contributed by atoms with E-state index in [9.17, 15) is 9.59 Å². The van der Waals surface area contributed by atoms with Gasteiger partial charge in [0.25, 0.3) is 0 Å². The molecule has 0 bridgehead atoms. The van der Waals surface area contributed by atoms with E-state index >= 15 is 0 Å². The van der Waals surface area contributed by atoms with Crippen LogP contribution in [0.3, 0.4) is 0 Å². The molecule has 0 aliphatic carbocycles. The van der Waals surface area contributed by atoms with Gasteiger partial charge >= 0.3 is 11.9 Å². The molecule has 0 saturated carbocycles. The summed E-state index contributed by atoms with van der Waals surface area (Å²) in [6.07, 6.45) is 0.798. The fourth-order valence-electron chi connectivity index (χ4n) is 2.04. The van der Waals surface area contributed by atoms with E-state index in [1.54, 1.807) is 0 Å². The minimum atomic E-state index is -0.813. The molecule has 0 heterocycles. The van der Waals surface area contributed by atoms with Crippen LogP contribution < -0.4 is 0 Å². The Morgan fingerprint density at radius 2 is 1.35 bits per heavy atom. The number of methoxy groups -OCH3 is 2. The minimum Gasteiger partial charge on any atom is -0.468 e. The first-order chi connectivity index (χ1) is 7.84. The van der Waals surface area contributed by atoms with Gasteiger partial charge in [0, 0.05) is 0 Å². The van der Waals surface area contributed by atoms with Gasteiger partial charge < -0.3 is 9.47 Å². The van der Waals surface area contributed by atoms with Gasteiger partial charge in [0.15, 0.2) is 5.92 Å². The second-order valence-electron chi connectivity index (χ2n) is 5.06. The molecule has 1 unspecified atom stereocenters. The van der Waals surface area contributed by atoms with Crippen LogP contribution in [-0.4, -0.2) is 26.2 Å². The lowest BCUT2D eigenvalue weighted by Gasteiger charge is -2.27. The highest BCUT2D eigenvalue weighted by Gasteiger charge is 2.38. The van der Waals surface area contributed by atoms with Gasteiger partial charge in [-0.1, -0.05) is 27.7 Å². The normalized spacial score (nSPS) is 13.0. The summed E-state index contributed by atoms with van der Waals surface area (Å²) in [5.41, 5.74) is 0. The Morgan fingerprint density at radius 3 is 1.59 bits per heavy atom. The van der Waals surface area contributed by atoms with Crippen molar-refractivity contribution in [2.24, 2.45) is 23.7 Å². The first-order valence-electron chi connectivity index (χ1n) is 6.00. The Bertz CT molecular complexity index is 242. The van der Waals surface area contributed by atoms with E-state index in [-0.39, 0.29) is 11.8 Å². The Labute approximate surface area is 104 Å². The fraction of sp³-hybridized carbons (Fsp3) is 0.846. The van der Waals surface area contributed by atoms with Gasteiger partial charge in [-0.3, -0.25) is 9.59 Å². The maximum atomic E-state index is 11.7. The average molecular weight is 244 g/mol. The van der Waals surface area contributed by atoms with E-state index in [4.69, 9.17) is 9.47 Å². The van der Waals surface area contributed by atoms with Crippen LogP contribution in [0, 0.1) is 23.7 Å². The molecule has 1 atom stereocenters. The number of rotatable bonds is 6. The van der Waals surface area contributed by atoms with Crippen molar-refractivity contribution in [3.63, 3.8) is 0 Å². The van der Waals surface area contributed by atoms with E-state index in [0.717, 1.165) is 6.42 Å². The molecule has 4 heteroatoms. The van der Waals surface area contributed by atoms with Crippen LogP contribution in [0.2, 0.25) is 0 Å². The summed E-state index contributed by atoms with van der Waals surface area (Å²) in [7, 11) is 2.59. The average Bonchev–Trinajstić information content (AvgIpc) is 2.26. The smallest absolute Gasteiger partial charge is 0.320 e. The maximum absolute atomic E-state index is 11.7. The summed E-state index contributed by atoms with van der Waals surface area (Å²) in [4.78, 5) is 23.4. The zero-order valence-corrected chi connectivity index (χ0v) is 11.6. The van der Waals surface area contributed by atoms with E-state index in [2.05, 4.69) is 13.8 Å². The van der Waals surface area contributed by atoms with Gasteiger partial charge in [-0.15, -0.1) is 0 Å². The van der Waals surface area contributed by atoms with Crippen LogP contribution in [0.25, 0.3) is 0 Å². The number of ether oxygens (including phenoxy) is 2. The lowest BCUT2D eigenvalue weighted by Crippen LogP contribution is -2.36. The van der Waals surface area contributed by atoms with Crippen LogP contribution in [0.15, 0.2) is 0 Å². The molecule has 0 fully saturated rings. The van der Waals surface area contributed by atoms with Crippen molar-refractivity contribution in [2.45, 2.75) is 34.1 Å². The van der Waals surface area contributed by atoms with Crippen LogP contribution in [0.5, 0.6) is 0 Å². The first kappa shape index (κ1) is 15.9. The molecule has 0 radical (unpaired) electrons. The Morgan fingerprint density at radius 1 is 0.941 bits per heavy atom. The SMILES string of the molecule is COC(=O)C(C(=O)OC)C(CC(C)C)C(C)C. The molecule has 0 aliphatic rings. The highest BCUT2D eigenvalue weighted by Crippen LogP contribution is 2.29. The van der Waals surface area contributed by atoms with Gasteiger partial charge in [0.1, 0.15) is 0 Å². The number of carbonyl (C=O) groups is 2. The number of hydrogen-bond acceptors (Lipinski definition) is 4. The molecule has 0 N–H and O–H groups in total. The zero-order valence-electron chi connectivity index (χ0n) is 11.6. The van der Waals surface area contributed by atoms with Crippen molar-refractivity contribution >= 4 is 11.9 Å². The van der Waals surface area contributed by atoms with E-state index in [1.165, 1.54) is 14.2 Å².